The molecule has 0 aromatic heterocycles. The number of carbonyl (C=O) groups is 1. The number of nitrogens with zero attached hydrogens (tertiary/aromatic N) is 3. The Bertz CT molecular complexity index is 733. The molecular weight excluding hydrogens is 402 g/mol. The zero-order valence-electron chi connectivity index (χ0n) is 18.9. The zero-order chi connectivity index (χ0) is 22.9. The molecule has 1 saturated heterocycles. The van der Waals surface area contributed by atoms with Crippen LogP contribution in [-0.4, -0.2) is 55.9 Å². The highest BCUT2D eigenvalue weighted by Crippen LogP contribution is 2.31. The van der Waals surface area contributed by atoms with Gasteiger partial charge in [0, 0.05) is 17.4 Å². The van der Waals surface area contributed by atoms with Crippen LogP contribution in [-0.2, 0) is 35.1 Å². The van der Waals surface area contributed by atoms with Gasteiger partial charge in [-0.2, -0.15) is 0 Å². The van der Waals surface area contributed by atoms with Crippen LogP contribution in [0.3, 0.4) is 0 Å². The molecule has 1 aliphatic heterocycles. The maximum atomic E-state index is 12.2. The lowest BCUT2D eigenvalue weighted by atomic mass is 9.89. The summed E-state index contributed by atoms with van der Waals surface area (Å²) in [5.41, 5.74) is 9.48. The number of esters is 1. The first-order valence-electron chi connectivity index (χ1n) is 10.5. The third kappa shape index (κ3) is 8.12. The Labute approximate surface area is 183 Å². The summed E-state index contributed by atoms with van der Waals surface area (Å²) >= 11 is 0. The third-order valence-electron chi connectivity index (χ3n) is 4.75. The summed E-state index contributed by atoms with van der Waals surface area (Å²) in [6, 6.07) is 9.08. The lowest BCUT2D eigenvalue weighted by Gasteiger charge is -2.43. The van der Waals surface area contributed by atoms with Gasteiger partial charge in [-0.05, 0) is 38.8 Å². The SMILES string of the molecule is CCO[C@@H]1OC(COCc2ccccc2)[C@H](C)[C@H](OCC(=O)OC(C)(C)C)C1N=[N+]=[N-]. The number of carbonyl (C=O) groups excluding carboxylic acids is 1. The van der Waals surface area contributed by atoms with E-state index in [9.17, 15) is 4.79 Å². The van der Waals surface area contributed by atoms with Crippen molar-refractivity contribution in [1.29, 1.82) is 0 Å². The Morgan fingerprint density at radius 3 is 2.55 bits per heavy atom. The minimum Gasteiger partial charge on any atom is -0.458 e. The highest BCUT2D eigenvalue weighted by atomic mass is 16.7. The predicted molar refractivity (Wildman–Crippen MR) is 114 cm³/mol. The van der Waals surface area contributed by atoms with Gasteiger partial charge in [0.15, 0.2) is 6.29 Å². The van der Waals surface area contributed by atoms with Gasteiger partial charge in [-0.15, -0.1) is 0 Å². The third-order valence-corrected chi connectivity index (χ3v) is 4.75. The van der Waals surface area contributed by atoms with Crippen molar-refractivity contribution in [1.82, 2.24) is 0 Å². The number of hydrogen-bond acceptors (Lipinski definition) is 7. The van der Waals surface area contributed by atoms with Crippen LogP contribution < -0.4 is 0 Å². The van der Waals surface area contributed by atoms with Crippen LogP contribution >= 0.6 is 0 Å². The molecule has 1 aliphatic rings. The van der Waals surface area contributed by atoms with E-state index in [-0.39, 0.29) is 18.6 Å². The molecule has 5 atom stereocenters. The van der Waals surface area contributed by atoms with Crippen LogP contribution in [0.15, 0.2) is 35.4 Å². The molecule has 2 rings (SSSR count). The van der Waals surface area contributed by atoms with Crippen molar-refractivity contribution in [2.24, 2.45) is 11.0 Å². The van der Waals surface area contributed by atoms with Gasteiger partial charge in [-0.3, -0.25) is 0 Å². The average Bonchev–Trinajstić information content (AvgIpc) is 2.70. The molecule has 172 valence electrons. The highest BCUT2D eigenvalue weighted by molar-refractivity contribution is 5.71. The van der Waals surface area contributed by atoms with Crippen molar-refractivity contribution in [2.75, 3.05) is 19.8 Å². The van der Waals surface area contributed by atoms with Crippen LogP contribution in [0.2, 0.25) is 0 Å². The van der Waals surface area contributed by atoms with Crippen molar-refractivity contribution in [3.8, 4) is 0 Å². The smallest absolute Gasteiger partial charge is 0.332 e. The standard InChI is InChI=1S/C22H33N3O6/c1-6-28-21-19(24-25-23)20(29-14-18(26)31-22(3,4)5)15(2)17(30-21)13-27-12-16-10-8-7-9-11-16/h7-11,15,17,19-21H,6,12-14H2,1-5H3/t15-,17?,19?,20-,21+/m0/s1. The molecule has 0 amide bonds. The molecular formula is C22H33N3O6. The van der Waals surface area contributed by atoms with Crippen molar-refractivity contribution in [3.63, 3.8) is 0 Å². The number of ether oxygens (including phenoxy) is 5. The summed E-state index contributed by atoms with van der Waals surface area (Å²) in [5.74, 6) is -0.707. The molecule has 0 spiro atoms. The summed E-state index contributed by atoms with van der Waals surface area (Å²) in [4.78, 5) is 15.1. The van der Waals surface area contributed by atoms with Gasteiger partial charge in [-0.25, -0.2) is 4.79 Å². The van der Waals surface area contributed by atoms with E-state index < -0.39 is 30.0 Å². The Morgan fingerprint density at radius 2 is 1.94 bits per heavy atom. The van der Waals surface area contributed by atoms with E-state index in [0.717, 1.165) is 5.56 Å². The van der Waals surface area contributed by atoms with Gasteiger partial charge >= 0.3 is 5.97 Å². The molecule has 1 fully saturated rings. The largest absolute Gasteiger partial charge is 0.458 e. The summed E-state index contributed by atoms with van der Waals surface area (Å²) in [6.07, 6.45) is -1.76. The van der Waals surface area contributed by atoms with E-state index in [4.69, 9.17) is 29.2 Å². The summed E-state index contributed by atoms with van der Waals surface area (Å²) < 4.78 is 28.8. The normalized spacial score (nSPS) is 26.2. The van der Waals surface area contributed by atoms with Gasteiger partial charge in [0.1, 0.15) is 18.2 Å². The maximum Gasteiger partial charge on any atom is 0.332 e. The van der Waals surface area contributed by atoms with E-state index in [1.165, 1.54) is 0 Å². The molecule has 0 aliphatic carbocycles. The molecule has 31 heavy (non-hydrogen) atoms. The zero-order valence-corrected chi connectivity index (χ0v) is 18.9. The summed E-state index contributed by atoms with van der Waals surface area (Å²) in [7, 11) is 0. The van der Waals surface area contributed by atoms with Crippen LogP contribution in [0, 0.1) is 5.92 Å². The topological polar surface area (TPSA) is 112 Å². The van der Waals surface area contributed by atoms with Gasteiger partial charge in [0.05, 0.1) is 25.4 Å². The van der Waals surface area contributed by atoms with Crippen LogP contribution in [0.5, 0.6) is 0 Å². The second kappa shape index (κ2) is 12.0. The number of azide groups is 1. The Kier molecular flexibility index (Phi) is 9.74. The van der Waals surface area contributed by atoms with Gasteiger partial charge in [0.2, 0.25) is 0 Å². The summed E-state index contributed by atoms with van der Waals surface area (Å²) in [6.45, 7) is 9.95. The molecule has 9 heteroatoms. The van der Waals surface area contributed by atoms with Crippen LogP contribution in [0.1, 0.15) is 40.2 Å². The quantitative estimate of drug-likeness (QED) is 0.238. The first-order chi connectivity index (χ1) is 14.7. The Hall–Kier alpha value is -2.16. The predicted octanol–water partition coefficient (Wildman–Crippen LogP) is 4.01. The minimum atomic E-state index is -0.800. The van der Waals surface area contributed by atoms with E-state index in [1.807, 2.05) is 44.2 Å². The van der Waals surface area contributed by atoms with Gasteiger partial charge in [0.25, 0.3) is 0 Å². The first kappa shape index (κ1) is 25.1. The Balaban J connectivity index is 2.07. The van der Waals surface area contributed by atoms with Crippen LogP contribution in [0.25, 0.3) is 10.4 Å². The molecule has 9 nitrogen and oxygen atoms in total. The van der Waals surface area contributed by atoms with Crippen molar-refractivity contribution in [2.45, 2.75) is 71.4 Å². The Morgan fingerprint density at radius 1 is 1.23 bits per heavy atom. The number of rotatable bonds is 10. The van der Waals surface area contributed by atoms with Gasteiger partial charge < -0.3 is 23.7 Å². The molecule has 1 aromatic carbocycles. The average molecular weight is 436 g/mol. The minimum absolute atomic E-state index is 0.217. The molecule has 0 radical (unpaired) electrons. The second-order valence-electron chi connectivity index (χ2n) is 8.42. The fraction of sp³-hybridized carbons (Fsp3) is 0.682. The lowest BCUT2D eigenvalue weighted by Crippen LogP contribution is -2.56. The molecule has 0 N–H and O–H groups in total. The van der Waals surface area contributed by atoms with Crippen molar-refractivity contribution in [3.05, 3.63) is 46.3 Å². The van der Waals surface area contributed by atoms with Crippen molar-refractivity contribution >= 4 is 5.97 Å². The monoisotopic (exact) mass is 435 g/mol. The fourth-order valence-corrected chi connectivity index (χ4v) is 3.38. The fourth-order valence-electron chi connectivity index (χ4n) is 3.38. The van der Waals surface area contributed by atoms with E-state index in [1.54, 1.807) is 20.8 Å². The summed E-state index contributed by atoms with van der Waals surface area (Å²) in [5, 5.41) is 3.84. The lowest BCUT2D eigenvalue weighted by molar-refractivity contribution is -0.258. The molecule has 1 aromatic rings. The van der Waals surface area contributed by atoms with Crippen molar-refractivity contribution < 1.29 is 28.5 Å². The van der Waals surface area contributed by atoms with E-state index in [2.05, 4.69) is 10.0 Å². The second-order valence-corrected chi connectivity index (χ2v) is 8.42. The molecule has 2 unspecified atom stereocenters. The molecule has 1 heterocycles. The van der Waals surface area contributed by atoms with E-state index >= 15 is 0 Å². The molecule has 0 bridgehead atoms. The van der Waals surface area contributed by atoms with E-state index in [0.29, 0.717) is 19.8 Å². The maximum absolute atomic E-state index is 12.2. The first-order valence-corrected chi connectivity index (χ1v) is 10.5. The number of hydrogen-bond donors (Lipinski definition) is 0. The van der Waals surface area contributed by atoms with Crippen LogP contribution in [0.4, 0.5) is 0 Å². The van der Waals surface area contributed by atoms with Gasteiger partial charge in [-0.1, -0.05) is 42.4 Å². The molecule has 0 saturated carbocycles. The highest BCUT2D eigenvalue weighted by Gasteiger charge is 2.45. The number of benzene rings is 1.